The molecule has 26 heavy (non-hydrogen) atoms. The molecule has 2 aliphatic rings. The van der Waals surface area contributed by atoms with Gasteiger partial charge in [-0.1, -0.05) is 6.07 Å². The van der Waals surface area contributed by atoms with Crippen LogP contribution in [0.5, 0.6) is 0 Å². The molecule has 0 spiro atoms. The molecule has 1 fully saturated rings. The van der Waals surface area contributed by atoms with Gasteiger partial charge in [-0.15, -0.1) is 0 Å². The number of nitrogens with zero attached hydrogens (tertiary/aromatic N) is 3. The minimum Gasteiger partial charge on any atom is -0.462 e. The van der Waals surface area contributed by atoms with E-state index in [-0.39, 0.29) is 36.1 Å². The Balaban J connectivity index is 1.64. The summed E-state index contributed by atoms with van der Waals surface area (Å²) in [6.07, 6.45) is 3.91. The summed E-state index contributed by atoms with van der Waals surface area (Å²) in [6, 6.07) is 4.77. The predicted octanol–water partition coefficient (Wildman–Crippen LogP) is 2.30. The number of aliphatic imine (C=N–C) groups is 1. The fourth-order valence-electron chi connectivity index (χ4n) is 3.53. The molecule has 0 saturated heterocycles. The summed E-state index contributed by atoms with van der Waals surface area (Å²) in [5.74, 6) is -0.430. The van der Waals surface area contributed by atoms with Crippen molar-refractivity contribution in [3.63, 3.8) is 0 Å². The maximum atomic E-state index is 14.6. The standard InChI is InChI=1S/C19H19FN4O2/c1-10-8-23-15(9-22-10)16(25)6-11-3-4-14(20)12(5-11)19(2)13-7-17(13)26-18(21)24-19/h3-5,8-9,13,17H,6-7H2,1-2H3,(H2,21,24)/t13-,17+,19+/m1/s1. The number of carbonyl (C=O) groups is 1. The summed E-state index contributed by atoms with van der Waals surface area (Å²) in [7, 11) is 0. The van der Waals surface area contributed by atoms with Gasteiger partial charge >= 0.3 is 0 Å². The largest absolute Gasteiger partial charge is 0.462 e. The lowest BCUT2D eigenvalue weighted by Crippen LogP contribution is -2.35. The first-order valence-corrected chi connectivity index (χ1v) is 8.49. The van der Waals surface area contributed by atoms with Crippen molar-refractivity contribution in [2.75, 3.05) is 0 Å². The first-order valence-electron chi connectivity index (χ1n) is 8.49. The molecule has 1 aliphatic heterocycles. The molecule has 2 heterocycles. The van der Waals surface area contributed by atoms with Crippen LogP contribution in [-0.2, 0) is 16.7 Å². The monoisotopic (exact) mass is 354 g/mol. The van der Waals surface area contributed by atoms with Gasteiger partial charge in [0.05, 0.1) is 17.4 Å². The van der Waals surface area contributed by atoms with Crippen LogP contribution in [0.2, 0.25) is 0 Å². The van der Waals surface area contributed by atoms with Gasteiger partial charge in [-0.05, 0) is 38.0 Å². The Morgan fingerprint density at radius 2 is 2.19 bits per heavy atom. The fourth-order valence-corrected chi connectivity index (χ4v) is 3.53. The highest BCUT2D eigenvalue weighted by molar-refractivity contribution is 5.95. The Bertz CT molecular complexity index is 912. The number of Topliss-reactive ketones (excluding diaryl/α,β-unsaturated/α-hetero) is 1. The molecule has 1 saturated carbocycles. The number of nitrogens with two attached hydrogens (primary N) is 1. The lowest BCUT2D eigenvalue weighted by atomic mass is 9.85. The van der Waals surface area contributed by atoms with Crippen molar-refractivity contribution in [2.24, 2.45) is 16.6 Å². The number of rotatable bonds is 4. The number of aryl methyl sites for hydroxylation is 1. The first-order chi connectivity index (χ1) is 12.4. The summed E-state index contributed by atoms with van der Waals surface area (Å²) < 4.78 is 20.0. The summed E-state index contributed by atoms with van der Waals surface area (Å²) in [5, 5.41) is 0. The van der Waals surface area contributed by atoms with E-state index in [1.807, 2.05) is 6.92 Å². The van der Waals surface area contributed by atoms with E-state index in [2.05, 4.69) is 15.0 Å². The normalized spacial score (nSPS) is 26.5. The zero-order valence-corrected chi connectivity index (χ0v) is 14.6. The summed E-state index contributed by atoms with van der Waals surface area (Å²) >= 11 is 0. The van der Waals surface area contributed by atoms with Crippen LogP contribution >= 0.6 is 0 Å². The van der Waals surface area contributed by atoms with Crippen LogP contribution in [0.15, 0.2) is 35.6 Å². The molecule has 0 radical (unpaired) electrons. The Morgan fingerprint density at radius 3 is 2.92 bits per heavy atom. The van der Waals surface area contributed by atoms with Crippen molar-refractivity contribution in [2.45, 2.75) is 38.3 Å². The number of hydrogen-bond acceptors (Lipinski definition) is 6. The zero-order valence-electron chi connectivity index (χ0n) is 14.6. The van der Waals surface area contributed by atoms with E-state index in [9.17, 15) is 9.18 Å². The number of aromatic nitrogens is 2. The van der Waals surface area contributed by atoms with Crippen LogP contribution in [0, 0.1) is 18.7 Å². The zero-order chi connectivity index (χ0) is 18.5. The van der Waals surface area contributed by atoms with Crippen LogP contribution < -0.4 is 5.73 Å². The maximum Gasteiger partial charge on any atom is 0.283 e. The number of hydrogen-bond donors (Lipinski definition) is 1. The molecular weight excluding hydrogens is 335 g/mol. The second-order valence-corrected chi connectivity index (χ2v) is 7.05. The summed E-state index contributed by atoms with van der Waals surface area (Å²) in [4.78, 5) is 25.0. The molecule has 0 unspecified atom stereocenters. The minimum atomic E-state index is -0.778. The molecule has 2 N–H and O–H groups in total. The Hall–Kier alpha value is -2.83. The van der Waals surface area contributed by atoms with Crippen LogP contribution in [0.3, 0.4) is 0 Å². The van der Waals surface area contributed by atoms with Gasteiger partial charge in [-0.2, -0.15) is 0 Å². The molecule has 7 heteroatoms. The Labute approximate surface area is 150 Å². The second kappa shape index (κ2) is 5.86. The van der Waals surface area contributed by atoms with Gasteiger partial charge in [-0.3, -0.25) is 9.78 Å². The minimum absolute atomic E-state index is 0.00924. The van der Waals surface area contributed by atoms with Crippen molar-refractivity contribution in [1.29, 1.82) is 0 Å². The summed E-state index contributed by atoms with van der Waals surface area (Å²) in [5.41, 5.74) is 7.16. The smallest absolute Gasteiger partial charge is 0.283 e. The molecule has 3 atom stereocenters. The summed E-state index contributed by atoms with van der Waals surface area (Å²) in [6.45, 7) is 3.67. The first kappa shape index (κ1) is 16.6. The van der Waals surface area contributed by atoms with Crippen molar-refractivity contribution < 1.29 is 13.9 Å². The Kier molecular flexibility index (Phi) is 3.75. The predicted molar refractivity (Wildman–Crippen MR) is 93.2 cm³/mol. The van der Waals surface area contributed by atoms with Crippen molar-refractivity contribution >= 4 is 11.8 Å². The van der Waals surface area contributed by atoms with Crippen molar-refractivity contribution in [1.82, 2.24) is 9.97 Å². The average molecular weight is 354 g/mol. The number of halogens is 1. The average Bonchev–Trinajstić information content (AvgIpc) is 3.37. The van der Waals surface area contributed by atoms with E-state index in [4.69, 9.17) is 10.5 Å². The molecule has 6 nitrogen and oxygen atoms in total. The van der Waals surface area contributed by atoms with Crippen LogP contribution in [0.25, 0.3) is 0 Å². The van der Waals surface area contributed by atoms with Crippen LogP contribution in [0.4, 0.5) is 4.39 Å². The molecule has 2 aromatic rings. The van der Waals surface area contributed by atoms with E-state index in [0.717, 1.165) is 12.1 Å². The molecular formula is C19H19FN4O2. The highest BCUT2D eigenvalue weighted by atomic mass is 19.1. The van der Waals surface area contributed by atoms with Gasteiger partial charge in [0.15, 0.2) is 5.78 Å². The second-order valence-electron chi connectivity index (χ2n) is 7.05. The third-order valence-corrected chi connectivity index (χ3v) is 5.08. The van der Waals surface area contributed by atoms with E-state index < -0.39 is 5.54 Å². The van der Waals surface area contributed by atoms with E-state index in [1.165, 1.54) is 12.3 Å². The van der Waals surface area contributed by atoms with Crippen LogP contribution in [0.1, 0.15) is 40.7 Å². The van der Waals surface area contributed by atoms with Gasteiger partial charge in [0.1, 0.15) is 17.6 Å². The van der Waals surface area contributed by atoms with E-state index >= 15 is 0 Å². The lowest BCUT2D eigenvalue weighted by molar-refractivity contribution is 0.0987. The SMILES string of the molecule is Cc1cnc(C(=O)Cc2ccc(F)c([C@]3(C)N=C(N)O[C@H]4C[C@H]43)c2)cn1. The molecule has 0 bridgehead atoms. The molecule has 1 aromatic heterocycles. The quantitative estimate of drug-likeness (QED) is 0.851. The maximum absolute atomic E-state index is 14.6. The van der Waals surface area contributed by atoms with Gasteiger partial charge in [-0.25, -0.2) is 14.4 Å². The topological polar surface area (TPSA) is 90.5 Å². The highest BCUT2D eigenvalue weighted by Crippen LogP contribution is 2.53. The van der Waals surface area contributed by atoms with E-state index in [1.54, 1.807) is 25.3 Å². The number of amidine groups is 1. The molecule has 0 amide bonds. The van der Waals surface area contributed by atoms with E-state index in [0.29, 0.717) is 16.8 Å². The van der Waals surface area contributed by atoms with Gasteiger partial charge in [0, 0.05) is 24.1 Å². The molecule has 134 valence electrons. The van der Waals surface area contributed by atoms with Crippen molar-refractivity contribution in [3.05, 3.63) is 58.9 Å². The molecule has 1 aliphatic carbocycles. The van der Waals surface area contributed by atoms with Crippen molar-refractivity contribution in [3.8, 4) is 0 Å². The number of ether oxygens (including phenoxy) is 1. The lowest BCUT2D eigenvalue weighted by Gasteiger charge is -2.30. The molecule has 4 rings (SSSR count). The number of benzene rings is 1. The number of fused-ring (bicyclic) bond motifs is 1. The van der Waals surface area contributed by atoms with Gasteiger partial charge in [0.25, 0.3) is 6.02 Å². The molecule has 1 aromatic carbocycles. The third kappa shape index (κ3) is 2.83. The highest BCUT2D eigenvalue weighted by Gasteiger charge is 2.57. The van der Waals surface area contributed by atoms with Gasteiger partial charge in [0.2, 0.25) is 0 Å². The number of ketones is 1. The Morgan fingerprint density at radius 1 is 1.38 bits per heavy atom. The third-order valence-electron chi connectivity index (χ3n) is 5.08. The number of carbonyl (C=O) groups excluding carboxylic acids is 1. The fraction of sp³-hybridized carbons (Fsp3) is 0.368. The van der Waals surface area contributed by atoms with Gasteiger partial charge < -0.3 is 10.5 Å². The van der Waals surface area contributed by atoms with Crippen LogP contribution in [-0.4, -0.2) is 27.9 Å².